The first-order valence-electron chi connectivity index (χ1n) is 10.4. The molecule has 8 heteroatoms. The highest BCUT2D eigenvalue weighted by molar-refractivity contribution is 5.83. The Morgan fingerprint density at radius 1 is 0.938 bits per heavy atom. The number of hydrogen-bond acceptors (Lipinski definition) is 7. The number of aromatic nitrogens is 6. The number of pyridine rings is 1. The second-order valence-electron chi connectivity index (χ2n) is 7.83. The molecule has 1 aliphatic carbocycles. The minimum absolute atomic E-state index is 0.251. The molecule has 0 N–H and O–H groups in total. The van der Waals surface area contributed by atoms with Crippen LogP contribution in [0.25, 0.3) is 27.8 Å². The Labute approximate surface area is 183 Å². The molecule has 1 saturated carbocycles. The standard InChI is InChI=1S/C24H20N6O2/c1-31-23-19(13-27-24(28-23)32-2)21-12-18(22-26-9-10-30(22)29-21)17-11-16(17)14-7-8-25-20-6-4-3-5-15(14)20/h3-10,12-13,16-17H,11H2,1-2H3/t16-,17+/m1/s1. The van der Waals surface area contributed by atoms with Gasteiger partial charge in [0.05, 0.1) is 31.0 Å². The van der Waals surface area contributed by atoms with Gasteiger partial charge in [0.25, 0.3) is 0 Å². The number of nitrogens with zero attached hydrogens (tertiary/aromatic N) is 6. The van der Waals surface area contributed by atoms with Crippen LogP contribution in [-0.4, -0.2) is 43.8 Å². The lowest BCUT2D eigenvalue weighted by molar-refractivity contribution is 0.353. The molecule has 0 radical (unpaired) electrons. The number of para-hydroxylation sites is 1. The van der Waals surface area contributed by atoms with Gasteiger partial charge in [-0.2, -0.15) is 10.1 Å². The summed E-state index contributed by atoms with van der Waals surface area (Å²) in [6, 6.07) is 12.8. The molecule has 0 unspecified atom stereocenters. The van der Waals surface area contributed by atoms with Gasteiger partial charge in [0.1, 0.15) is 0 Å². The van der Waals surface area contributed by atoms with Crippen molar-refractivity contribution in [2.75, 3.05) is 14.2 Å². The van der Waals surface area contributed by atoms with Crippen molar-refractivity contribution in [2.24, 2.45) is 0 Å². The van der Waals surface area contributed by atoms with Crippen LogP contribution in [0.1, 0.15) is 29.4 Å². The molecule has 4 aromatic heterocycles. The first kappa shape index (κ1) is 18.7. The zero-order valence-electron chi connectivity index (χ0n) is 17.6. The van der Waals surface area contributed by atoms with Crippen LogP contribution in [0.3, 0.4) is 0 Å². The van der Waals surface area contributed by atoms with Crippen LogP contribution in [-0.2, 0) is 0 Å². The van der Waals surface area contributed by atoms with Gasteiger partial charge in [0, 0.05) is 35.7 Å². The molecule has 6 rings (SSSR count). The van der Waals surface area contributed by atoms with Crippen molar-refractivity contribution in [3.8, 4) is 23.1 Å². The molecule has 0 bridgehead atoms. The molecule has 1 aromatic carbocycles. The largest absolute Gasteiger partial charge is 0.480 e. The van der Waals surface area contributed by atoms with Gasteiger partial charge in [-0.25, -0.2) is 14.5 Å². The summed E-state index contributed by atoms with van der Waals surface area (Å²) in [4.78, 5) is 17.7. The lowest BCUT2D eigenvalue weighted by Gasteiger charge is -2.11. The molecule has 8 nitrogen and oxygen atoms in total. The van der Waals surface area contributed by atoms with Crippen molar-refractivity contribution >= 4 is 16.6 Å². The fraction of sp³-hybridized carbons (Fsp3) is 0.208. The second-order valence-corrected chi connectivity index (χ2v) is 7.83. The summed E-state index contributed by atoms with van der Waals surface area (Å²) < 4.78 is 12.4. The molecular weight excluding hydrogens is 404 g/mol. The van der Waals surface area contributed by atoms with Crippen molar-refractivity contribution in [1.29, 1.82) is 0 Å². The van der Waals surface area contributed by atoms with Crippen LogP contribution in [0, 0.1) is 0 Å². The number of benzene rings is 1. The Kier molecular flexibility index (Phi) is 4.24. The number of fused-ring (bicyclic) bond motifs is 2. The van der Waals surface area contributed by atoms with Crippen LogP contribution >= 0.6 is 0 Å². The SMILES string of the molecule is COc1ncc(-c2cc([C@H]3C[C@@H]3c3ccnc4ccccc34)c3nccn3n2)c(OC)n1. The lowest BCUT2D eigenvalue weighted by Crippen LogP contribution is -2.02. The van der Waals surface area contributed by atoms with Gasteiger partial charge in [-0.3, -0.25) is 4.98 Å². The van der Waals surface area contributed by atoms with Crippen LogP contribution in [0.5, 0.6) is 11.9 Å². The van der Waals surface area contributed by atoms with Gasteiger partial charge in [0.2, 0.25) is 5.88 Å². The third kappa shape index (κ3) is 2.95. The Balaban J connectivity index is 1.45. The molecule has 5 aromatic rings. The van der Waals surface area contributed by atoms with Crippen LogP contribution in [0.15, 0.2) is 61.2 Å². The van der Waals surface area contributed by atoms with Crippen molar-refractivity contribution in [2.45, 2.75) is 18.3 Å². The summed E-state index contributed by atoms with van der Waals surface area (Å²) in [7, 11) is 3.10. The Bertz CT molecular complexity index is 1460. The van der Waals surface area contributed by atoms with E-state index >= 15 is 0 Å². The highest BCUT2D eigenvalue weighted by atomic mass is 16.5. The summed E-state index contributed by atoms with van der Waals surface area (Å²) in [5, 5.41) is 5.94. The molecule has 0 aliphatic heterocycles. The molecule has 2 atom stereocenters. The molecular formula is C24H20N6O2. The molecule has 158 valence electrons. The second kappa shape index (κ2) is 7.26. The zero-order chi connectivity index (χ0) is 21.7. The van der Waals surface area contributed by atoms with Crippen LogP contribution in [0.2, 0.25) is 0 Å². The quantitative estimate of drug-likeness (QED) is 0.421. The summed E-state index contributed by atoms with van der Waals surface area (Å²) in [5.74, 6) is 1.17. The molecule has 0 saturated heterocycles. The number of ether oxygens (including phenoxy) is 2. The van der Waals surface area contributed by atoms with Gasteiger partial charge in [-0.15, -0.1) is 0 Å². The first-order chi connectivity index (χ1) is 15.8. The maximum Gasteiger partial charge on any atom is 0.319 e. The van der Waals surface area contributed by atoms with E-state index in [1.807, 2.05) is 23.0 Å². The van der Waals surface area contributed by atoms with Crippen molar-refractivity contribution in [1.82, 2.24) is 29.5 Å². The monoisotopic (exact) mass is 424 g/mol. The number of hydrogen-bond donors (Lipinski definition) is 0. The van der Waals surface area contributed by atoms with Gasteiger partial charge in [-0.05, 0) is 42.0 Å². The molecule has 1 fully saturated rings. The van der Waals surface area contributed by atoms with Crippen LogP contribution < -0.4 is 9.47 Å². The van der Waals surface area contributed by atoms with Gasteiger partial charge >= 0.3 is 6.01 Å². The van der Waals surface area contributed by atoms with E-state index in [0.717, 1.165) is 28.8 Å². The minimum Gasteiger partial charge on any atom is -0.480 e. The summed E-state index contributed by atoms with van der Waals surface area (Å²) in [6.07, 6.45) is 8.27. The van der Waals surface area contributed by atoms with Gasteiger partial charge in [0.15, 0.2) is 5.65 Å². The predicted molar refractivity (Wildman–Crippen MR) is 119 cm³/mol. The van der Waals surface area contributed by atoms with Crippen LogP contribution in [0.4, 0.5) is 0 Å². The molecule has 4 heterocycles. The first-order valence-corrected chi connectivity index (χ1v) is 10.4. The summed E-state index contributed by atoms with van der Waals surface area (Å²) >= 11 is 0. The van der Waals surface area contributed by atoms with E-state index in [1.165, 1.54) is 18.1 Å². The lowest BCUT2D eigenvalue weighted by atomic mass is 10.0. The maximum atomic E-state index is 5.49. The minimum atomic E-state index is 0.251. The third-order valence-corrected chi connectivity index (χ3v) is 6.04. The topological polar surface area (TPSA) is 87.3 Å². The Morgan fingerprint density at radius 3 is 2.69 bits per heavy atom. The number of methoxy groups -OCH3 is 2. The maximum absolute atomic E-state index is 5.49. The zero-order valence-corrected chi connectivity index (χ0v) is 17.6. The highest BCUT2D eigenvalue weighted by Crippen LogP contribution is 2.56. The van der Waals surface area contributed by atoms with Gasteiger partial charge in [-0.1, -0.05) is 18.2 Å². The Hall–Kier alpha value is -4.07. The average molecular weight is 424 g/mol. The van der Waals surface area contributed by atoms with E-state index in [1.54, 1.807) is 19.5 Å². The van der Waals surface area contributed by atoms with Crippen molar-refractivity contribution < 1.29 is 9.47 Å². The molecule has 0 amide bonds. The smallest absolute Gasteiger partial charge is 0.319 e. The van der Waals surface area contributed by atoms with E-state index in [4.69, 9.17) is 14.6 Å². The third-order valence-electron chi connectivity index (χ3n) is 6.04. The fourth-order valence-corrected chi connectivity index (χ4v) is 4.45. The van der Waals surface area contributed by atoms with E-state index in [-0.39, 0.29) is 6.01 Å². The van der Waals surface area contributed by atoms with Crippen molar-refractivity contribution in [3.63, 3.8) is 0 Å². The summed E-state index contributed by atoms with van der Waals surface area (Å²) in [6.45, 7) is 0. The summed E-state index contributed by atoms with van der Waals surface area (Å²) in [5.41, 5.74) is 5.81. The highest BCUT2D eigenvalue weighted by Gasteiger charge is 2.42. The molecule has 32 heavy (non-hydrogen) atoms. The molecule has 1 aliphatic rings. The fourth-order valence-electron chi connectivity index (χ4n) is 4.45. The Morgan fingerprint density at radius 2 is 1.81 bits per heavy atom. The molecule has 0 spiro atoms. The number of rotatable bonds is 5. The van der Waals surface area contributed by atoms with Gasteiger partial charge < -0.3 is 9.47 Å². The normalized spacial score (nSPS) is 17.6. The van der Waals surface area contributed by atoms with E-state index < -0.39 is 0 Å². The van der Waals surface area contributed by atoms with E-state index in [0.29, 0.717) is 23.3 Å². The van der Waals surface area contributed by atoms with E-state index in [9.17, 15) is 0 Å². The predicted octanol–water partition coefficient (Wildman–Crippen LogP) is 4.02. The number of imidazole rings is 1. The van der Waals surface area contributed by atoms with E-state index in [2.05, 4.69) is 50.3 Å². The van der Waals surface area contributed by atoms with Crippen molar-refractivity contribution in [3.05, 3.63) is 72.3 Å². The average Bonchev–Trinajstić information content (AvgIpc) is 3.50.